The van der Waals surface area contributed by atoms with Crippen LogP contribution in [0.15, 0.2) is 6.07 Å². The summed E-state index contributed by atoms with van der Waals surface area (Å²) in [6, 6.07) is 1.71. The molecule has 1 aromatic rings. The molecule has 0 bridgehead atoms. The molecule has 0 aliphatic carbocycles. The van der Waals surface area contributed by atoms with E-state index in [0.29, 0.717) is 22.0 Å². The average molecular weight is 278 g/mol. The first kappa shape index (κ1) is 14.1. The lowest BCUT2D eigenvalue weighted by Gasteiger charge is -2.16. The van der Waals surface area contributed by atoms with E-state index in [0.717, 1.165) is 5.56 Å². The molecule has 1 aromatic carbocycles. The van der Waals surface area contributed by atoms with Gasteiger partial charge >= 0.3 is 0 Å². The molecule has 0 aliphatic rings. The normalized spacial score (nSPS) is 11.4. The summed E-state index contributed by atoms with van der Waals surface area (Å²) in [7, 11) is -1.85. The second-order valence-electron chi connectivity index (χ2n) is 3.72. The summed E-state index contributed by atoms with van der Waals surface area (Å²) in [5.74, 6) is 0.475. The molecule has 0 aliphatic heterocycles. The summed E-state index contributed by atoms with van der Waals surface area (Å²) >= 11 is 6.09. The van der Waals surface area contributed by atoms with Gasteiger partial charge in [0, 0.05) is 5.02 Å². The van der Waals surface area contributed by atoms with E-state index in [1.165, 1.54) is 7.11 Å². The number of benzene rings is 1. The largest absolute Gasteiger partial charge is 0.495 e. The van der Waals surface area contributed by atoms with E-state index in [4.69, 9.17) is 16.3 Å². The number of halogens is 1. The van der Waals surface area contributed by atoms with Crippen molar-refractivity contribution < 1.29 is 13.2 Å². The Balaban J connectivity index is 3.37. The molecule has 0 atom stereocenters. The van der Waals surface area contributed by atoms with Crippen LogP contribution < -0.4 is 9.46 Å². The molecule has 1 rings (SSSR count). The van der Waals surface area contributed by atoms with Crippen molar-refractivity contribution in [2.45, 2.75) is 20.8 Å². The van der Waals surface area contributed by atoms with Gasteiger partial charge in [-0.2, -0.15) is 0 Å². The monoisotopic (exact) mass is 277 g/mol. The van der Waals surface area contributed by atoms with Crippen LogP contribution in [0.2, 0.25) is 5.02 Å². The van der Waals surface area contributed by atoms with Crippen molar-refractivity contribution in [2.75, 3.05) is 17.6 Å². The molecule has 0 unspecified atom stereocenters. The van der Waals surface area contributed by atoms with Crippen LogP contribution in [0.1, 0.15) is 18.1 Å². The molecule has 0 aromatic heterocycles. The smallest absolute Gasteiger partial charge is 0.232 e. The number of ether oxygens (including phenoxy) is 1. The van der Waals surface area contributed by atoms with Crippen LogP contribution in [0.3, 0.4) is 0 Å². The second-order valence-corrected chi connectivity index (χ2v) is 6.10. The molecule has 0 heterocycles. The third-order valence-corrected chi connectivity index (χ3v) is 4.36. The van der Waals surface area contributed by atoms with Gasteiger partial charge in [-0.25, -0.2) is 8.42 Å². The van der Waals surface area contributed by atoms with Gasteiger partial charge in [0.15, 0.2) is 0 Å². The summed E-state index contributed by atoms with van der Waals surface area (Å²) in [6.07, 6.45) is 0. The Hall–Kier alpha value is -0.940. The van der Waals surface area contributed by atoms with Crippen molar-refractivity contribution in [3.05, 3.63) is 22.2 Å². The minimum Gasteiger partial charge on any atom is -0.495 e. The highest BCUT2D eigenvalue weighted by molar-refractivity contribution is 7.92. The molecule has 0 amide bonds. The fourth-order valence-corrected chi connectivity index (χ4v) is 2.30. The Labute approximate surface area is 107 Å². The summed E-state index contributed by atoms with van der Waals surface area (Å²) in [6.45, 7) is 5.17. The van der Waals surface area contributed by atoms with Crippen molar-refractivity contribution in [3.63, 3.8) is 0 Å². The van der Waals surface area contributed by atoms with E-state index in [9.17, 15) is 8.42 Å². The zero-order valence-corrected chi connectivity index (χ0v) is 11.9. The summed E-state index contributed by atoms with van der Waals surface area (Å²) in [5, 5.41) is 0.541. The number of hydrogen-bond acceptors (Lipinski definition) is 3. The number of hydrogen-bond donors (Lipinski definition) is 1. The molecular weight excluding hydrogens is 262 g/mol. The number of rotatable bonds is 4. The molecule has 17 heavy (non-hydrogen) atoms. The van der Waals surface area contributed by atoms with Gasteiger partial charge in [0.2, 0.25) is 10.0 Å². The SMILES string of the molecule is CCS(=O)(=O)Nc1c(OC)cc(C)c(Cl)c1C. The number of methoxy groups -OCH3 is 1. The lowest BCUT2D eigenvalue weighted by atomic mass is 10.1. The zero-order chi connectivity index (χ0) is 13.2. The maximum absolute atomic E-state index is 11.6. The molecule has 4 nitrogen and oxygen atoms in total. The minimum atomic E-state index is -3.35. The minimum absolute atomic E-state index is 0.00108. The number of aryl methyl sites for hydroxylation is 1. The van der Waals surface area contributed by atoms with Crippen LogP contribution in [-0.4, -0.2) is 21.3 Å². The molecule has 0 saturated carbocycles. The standard InChI is InChI=1S/C11H16ClNO3S/c1-5-17(14,15)13-11-8(3)10(12)7(2)6-9(11)16-4/h6,13H,5H2,1-4H3. The first-order valence-electron chi connectivity index (χ1n) is 5.16. The van der Waals surface area contributed by atoms with Crippen molar-refractivity contribution >= 4 is 27.3 Å². The van der Waals surface area contributed by atoms with Gasteiger partial charge < -0.3 is 4.74 Å². The summed E-state index contributed by atoms with van der Waals surface area (Å²) in [4.78, 5) is 0. The first-order chi connectivity index (χ1) is 7.82. The molecule has 6 heteroatoms. The molecular formula is C11H16ClNO3S. The highest BCUT2D eigenvalue weighted by Crippen LogP contribution is 2.36. The van der Waals surface area contributed by atoms with E-state index >= 15 is 0 Å². The highest BCUT2D eigenvalue weighted by Gasteiger charge is 2.17. The predicted molar refractivity (Wildman–Crippen MR) is 70.6 cm³/mol. The Morgan fingerprint density at radius 2 is 2.00 bits per heavy atom. The van der Waals surface area contributed by atoms with Crippen LogP contribution in [-0.2, 0) is 10.0 Å². The van der Waals surface area contributed by atoms with Gasteiger partial charge in [-0.3, -0.25) is 4.72 Å². The Kier molecular flexibility index (Phi) is 4.27. The van der Waals surface area contributed by atoms with Crippen LogP contribution >= 0.6 is 11.6 Å². The van der Waals surface area contributed by atoms with Crippen LogP contribution in [0, 0.1) is 13.8 Å². The van der Waals surface area contributed by atoms with E-state index in [1.807, 2.05) is 6.92 Å². The van der Waals surface area contributed by atoms with E-state index in [2.05, 4.69) is 4.72 Å². The van der Waals surface area contributed by atoms with Crippen LogP contribution in [0.4, 0.5) is 5.69 Å². The number of sulfonamides is 1. The van der Waals surface area contributed by atoms with E-state index < -0.39 is 10.0 Å². The zero-order valence-electron chi connectivity index (χ0n) is 10.3. The fourth-order valence-electron chi connectivity index (χ4n) is 1.44. The lowest BCUT2D eigenvalue weighted by Crippen LogP contribution is -2.16. The third kappa shape index (κ3) is 3.04. The first-order valence-corrected chi connectivity index (χ1v) is 7.19. The van der Waals surface area contributed by atoms with E-state index in [-0.39, 0.29) is 5.75 Å². The van der Waals surface area contributed by atoms with Gasteiger partial charge in [-0.05, 0) is 38.0 Å². The topological polar surface area (TPSA) is 55.4 Å². The second kappa shape index (κ2) is 5.14. The van der Waals surface area contributed by atoms with Gasteiger partial charge in [0.1, 0.15) is 5.75 Å². The maximum Gasteiger partial charge on any atom is 0.232 e. The van der Waals surface area contributed by atoms with Crippen molar-refractivity contribution in [1.29, 1.82) is 0 Å². The molecule has 0 radical (unpaired) electrons. The lowest BCUT2D eigenvalue weighted by molar-refractivity contribution is 0.416. The predicted octanol–water partition coefficient (Wildman–Crippen LogP) is 2.73. The van der Waals surface area contributed by atoms with Gasteiger partial charge in [0.25, 0.3) is 0 Å². The molecule has 96 valence electrons. The number of anilines is 1. The number of nitrogens with one attached hydrogen (secondary N) is 1. The Morgan fingerprint density at radius 1 is 1.41 bits per heavy atom. The quantitative estimate of drug-likeness (QED) is 0.921. The van der Waals surface area contributed by atoms with Gasteiger partial charge in [-0.1, -0.05) is 11.6 Å². The molecule has 0 fully saturated rings. The van der Waals surface area contributed by atoms with Crippen molar-refractivity contribution in [1.82, 2.24) is 0 Å². The molecule has 0 spiro atoms. The maximum atomic E-state index is 11.6. The van der Waals surface area contributed by atoms with Crippen LogP contribution in [0.5, 0.6) is 5.75 Å². The summed E-state index contributed by atoms with van der Waals surface area (Å²) < 4.78 is 30.8. The molecule has 0 saturated heterocycles. The Morgan fingerprint density at radius 3 is 2.47 bits per heavy atom. The fraction of sp³-hybridized carbons (Fsp3) is 0.455. The molecule has 1 N–H and O–H groups in total. The van der Waals surface area contributed by atoms with E-state index in [1.54, 1.807) is 19.9 Å². The van der Waals surface area contributed by atoms with Gasteiger partial charge in [0.05, 0.1) is 18.6 Å². The average Bonchev–Trinajstić information content (AvgIpc) is 2.29. The highest BCUT2D eigenvalue weighted by atomic mass is 35.5. The van der Waals surface area contributed by atoms with Gasteiger partial charge in [-0.15, -0.1) is 0 Å². The summed E-state index contributed by atoms with van der Waals surface area (Å²) in [5.41, 5.74) is 1.92. The van der Waals surface area contributed by atoms with Crippen LogP contribution in [0.25, 0.3) is 0 Å². The third-order valence-electron chi connectivity index (χ3n) is 2.50. The Bertz CT molecular complexity index is 526. The van der Waals surface area contributed by atoms with Crippen molar-refractivity contribution in [3.8, 4) is 5.75 Å². The van der Waals surface area contributed by atoms with Crippen molar-refractivity contribution in [2.24, 2.45) is 0 Å².